The Bertz CT molecular complexity index is 971. The Morgan fingerprint density at radius 1 is 1.03 bits per heavy atom. The largest absolute Gasteiger partial charge is 0.435 e. The Morgan fingerprint density at radius 3 is 2.36 bits per heavy atom. The quantitative estimate of drug-likeness (QED) is 0.646. The smallest absolute Gasteiger partial charge is 0.338 e. The molecule has 0 saturated heterocycles. The number of halogens is 3. The molecule has 1 aromatic carbocycles. The van der Waals surface area contributed by atoms with Crippen molar-refractivity contribution in [2.45, 2.75) is 71.6 Å². The van der Waals surface area contributed by atoms with Crippen LogP contribution in [0.3, 0.4) is 0 Å². The molecule has 1 aromatic heterocycles. The first-order valence-electron chi connectivity index (χ1n) is 11.4. The Kier molecular flexibility index (Phi) is 8.15. The van der Waals surface area contributed by atoms with Crippen LogP contribution in [0.5, 0.6) is 0 Å². The van der Waals surface area contributed by atoms with Crippen LogP contribution in [0.15, 0.2) is 30.3 Å². The number of anilines is 1. The minimum absolute atomic E-state index is 0.0352. The van der Waals surface area contributed by atoms with Crippen LogP contribution in [0.25, 0.3) is 0 Å². The molecule has 0 spiro atoms. The summed E-state index contributed by atoms with van der Waals surface area (Å²) in [4.78, 5) is 28.9. The van der Waals surface area contributed by atoms with Crippen molar-refractivity contribution >= 4 is 17.5 Å². The molecule has 33 heavy (non-hydrogen) atoms. The van der Waals surface area contributed by atoms with Crippen LogP contribution in [-0.4, -0.2) is 39.6 Å². The normalized spacial score (nSPS) is 16.0. The molecule has 0 aliphatic carbocycles. The van der Waals surface area contributed by atoms with Crippen LogP contribution in [0.2, 0.25) is 0 Å². The van der Waals surface area contributed by atoms with Crippen LogP contribution < -0.4 is 4.90 Å². The zero-order chi connectivity index (χ0) is 24.0. The highest BCUT2D eigenvalue weighted by molar-refractivity contribution is 5.92. The van der Waals surface area contributed by atoms with Crippen LogP contribution in [-0.2, 0) is 28.9 Å². The molecule has 2 amide bonds. The zero-order valence-electron chi connectivity index (χ0n) is 19.2. The number of alkyl halides is 3. The second kappa shape index (κ2) is 10.9. The standard InChI is InChI=1S/C24H31F3N4O2/c1-18-16-22(24(25,26)27)28-31(18)15-12-23(33)29-13-8-4-3-5-9-14-30(19(2)32)21-11-7-6-10-20(21)17-29/h6-7,10-11,16H,3-5,8-9,12-15,17H2,1-2H3. The molecule has 0 unspecified atom stereocenters. The Balaban J connectivity index is 1.78. The number of nitrogens with zero attached hydrogens (tertiary/aromatic N) is 4. The van der Waals surface area contributed by atoms with Gasteiger partial charge in [0.25, 0.3) is 0 Å². The topological polar surface area (TPSA) is 58.4 Å². The van der Waals surface area contributed by atoms with Gasteiger partial charge in [0.15, 0.2) is 5.69 Å². The Labute approximate surface area is 192 Å². The fourth-order valence-corrected chi connectivity index (χ4v) is 4.19. The first kappa shape index (κ1) is 24.8. The monoisotopic (exact) mass is 464 g/mol. The summed E-state index contributed by atoms with van der Waals surface area (Å²) in [5.41, 5.74) is 1.11. The number of carbonyl (C=O) groups is 2. The molecular formula is C24H31F3N4O2. The molecule has 1 aliphatic heterocycles. The first-order valence-corrected chi connectivity index (χ1v) is 11.4. The number of aryl methyl sites for hydroxylation is 2. The van der Waals surface area contributed by atoms with E-state index < -0.39 is 11.9 Å². The summed E-state index contributed by atoms with van der Waals surface area (Å²) in [6.45, 7) is 4.74. The van der Waals surface area contributed by atoms with Crippen molar-refractivity contribution in [3.05, 3.63) is 47.3 Å². The molecule has 0 fully saturated rings. The van der Waals surface area contributed by atoms with Gasteiger partial charge in [-0.05, 0) is 37.5 Å². The minimum Gasteiger partial charge on any atom is -0.338 e. The van der Waals surface area contributed by atoms with E-state index in [1.165, 1.54) is 4.68 Å². The minimum atomic E-state index is -4.51. The fraction of sp³-hybridized carbons (Fsp3) is 0.542. The van der Waals surface area contributed by atoms with E-state index in [1.54, 1.807) is 23.6 Å². The van der Waals surface area contributed by atoms with Gasteiger partial charge < -0.3 is 9.80 Å². The maximum Gasteiger partial charge on any atom is 0.435 e. The first-order chi connectivity index (χ1) is 15.7. The second-order valence-electron chi connectivity index (χ2n) is 8.52. The predicted molar refractivity (Wildman–Crippen MR) is 120 cm³/mol. The predicted octanol–water partition coefficient (Wildman–Crippen LogP) is 4.95. The van der Waals surface area contributed by atoms with Crippen molar-refractivity contribution in [2.24, 2.45) is 0 Å². The lowest BCUT2D eigenvalue weighted by Gasteiger charge is -2.29. The van der Waals surface area contributed by atoms with Crippen LogP contribution in [0.4, 0.5) is 18.9 Å². The molecule has 0 N–H and O–H groups in total. The SMILES string of the molecule is CC(=O)N1CCCCCCCN(C(=O)CCn2nc(C(F)(F)F)cc2C)Cc2ccccc21. The van der Waals surface area contributed by atoms with Gasteiger partial charge in [0.2, 0.25) is 11.8 Å². The molecule has 0 atom stereocenters. The van der Waals surface area contributed by atoms with Crippen molar-refractivity contribution in [1.82, 2.24) is 14.7 Å². The van der Waals surface area contributed by atoms with Crippen LogP contribution in [0, 0.1) is 6.92 Å². The summed E-state index contributed by atoms with van der Waals surface area (Å²) in [6, 6.07) is 8.58. The van der Waals surface area contributed by atoms with E-state index in [1.807, 2.05) is 24.3 Å². The molecule has 1 aliphatic rings. The van der Waals surface area contributed by atoms with E-state index in [9.17, 15) is 22.8 Å². The number of rotatable bonds is 3. The van der Waals surface area contributed by atoms with Crippen molar-refractivity contribution in [3.63, 3.8) is 0 Å². The van der Waals surface area contributed by atoms with Crippen molar-refractivity contribution < 1.29 is 22.8 Å². The molecule has 0 saturated carbocycles. The summed E-state index contributed by atoms with van der Waals surface area (Å²) in [7, 11) is 0. The van der Waals surface area contributed by atoms with E-state index in [4.69, 9.17) is 0 Å². The van der Waals surface area contributed by atoms with Gasteiger partial charge in [0.1, 0.15) is 0 Å². The van der Waals surface area contributed by atoms with E-state index >= 15 is 0 Å². The third kappa shape index (κ3) is 6.58. The molecule has 6 nitrogen and oxygen atoms in total. The summed E-state index contributed by atoms with van der Waals surface area (Å²) < 4.78 is 40.1. The third-order valence-electron chi connectivity index (χ3n) is 6.00. The summed E-state index contributed by atoms with van der Waals surface area (Å²) >= 11 is 0. The van der Waals surface area contributed by atoms with E-state index in [0.717, 1.165) is 49.4 Å². The summed E-state index contributed by atoms with van der Waals surface area (Å²) in [5, 5.41) is 3.62. The number of para-hydroxylation sites is 1. The number of carbonyl (C=O) groups excluding carboxylic acids is 2. The summed E-state index contributed by atoms with van der Waals surface area (Å²) in [5.74, 6) is -0.174. The number of benzene rings is 1. The third-order valence-corrected chi connectivity index (χ3v) is 6.00. The molecule has 0 radical (unpaired) electrons. The van der Waals surface area contributed by atoms with Gasteiger partial charge in [0.05, 0.1) is 0 Å². The van der Waals surface area contributed by atoms with E-state index in [-0.39, 0.29) is 24.8 Å². The molecule has 2 heterocycles. The van der Waals surface area contributed by atoms with Gasteiger partial charge in [-0.3, -0.25) is 14.3 Å². The maximum absolute atomic E-state index is 13.1. The number of fused-ring (bicyclic) bond motifs is 1. The molecule has 9 heteroatoms. The van der Waals surface area contributed by atoms with Gasteiger partial charge >= 0.3 is 6.18 Å². The van der Waals surface area contributed by atoms with Gasteiger partial charge in [-0.1, -0.05) is 37.5 Å². The van der Waals surface area contributed by atoms with Gasteiger partial charge in [-0.25, -0.2) is 0 Å². The highest BCUT2D eigenvalue weighted by Crippen LogP contribution is 2.29. The van der Waals surface area contributed by atoms with Gasteiger partial charge in [-0.15, -0.1) is 0 Å². The second-order valence-corrected chi connectivity index (χ2v) is 8.52. The number of hydrogen-bond donors (Lipinski definition) is 0. The fourth-order valence-electron chi connectivity index (χ4n) is 4.19. The summed E-state index contributed by atoms with van der Waals surface area (Å²) in [6.07, 6.45) is 0.367. The zero-order valence-corrected chi connectivity index (χ0v) is 19.2. The van der Waals surface area contributed by atoms with Crippen molar-refractivity contribution in [1.29, 1.82) is 0 Å². The number of aromatic nitrogens is 2. The number of amides is 2. The van der Waals surface area contributed by atoms with Crippen molar-refractivity contribution in [2.75, 3.05) is 18.0 Å². The Hall–Kier alpha value is -2.84. The lowest BCUT2D eigenvalue weighted by atomic mass is 10.1. The van der Waals surface area contributed by atoms with Crippen LogP contribution >= 0.6 is 0 Å². The lowest BCUT2D eigenvalue weighted by Crippen LogP contribution is -2.35. The van der Waals surface area contributed by atoms with E-state index in [0.29, 0.717) is 25.3 Å². The lowest BCUT2D eigenvalue weighted by molar-refractivity contribution is -0.141. The average molecular weight is 465 g/mol. The molecular weight excluding hydrogens is 433 g/mol. The molecule has 2 aromatic rings. The molecule has 0 bridgehead atoms. The molecule has 3 rings (SSSR count). The van der Waals surface area contributed by atoms with Crippen molar-refractivity contribution in [3.8, 4) is 0 Å². The van der Waals surface area contributed by atoms with Gasteiger partial charge in [-0.2, -0.15) is 18.3 Å². The van der Waals surface area contributed by atoms with E-state index in [2.05, 4.69) is 5.10 Å². The van der Waals surface area contributed by atoms with Crippen LogP contribution in [0.1, 0.15) is 62.4 Å². The molecule has 180 valence electrons. The highest BCUT2D eigenvalue weighted by atomic mass is 19.4. The van der Waals surface area contributed by atoms with Gasteiger partial charge in [0, 0.05) is 50.9 Å². The number of hydrogen-bond acceptors (Lipinski definition) is 3. The average Bonchev–Trinajstić information content (AvgIpc) is 3.13. The highest BCUT2D eigenvalue weighted by Gasteiger charge is 2.34. The Morgan fingerprint density at radius 2 is 1.70 bits per heavy atom. The maximum atomic E-state index is 13.1.